The molecule has 2 heterocycles. The summed E-state index contributed by atoms with van der Waals surface area (Å²) >= 11 is 8.52. The van der Waals surface area contributed by atoms with Crippen LogP contribution in [0.4, 0.5) is 5.00 Å². The lowest BCUT2D eigenvalue weighted by Crippen LogP contribution is -2.20. The lowest BCUT2D eigenvalue weighted by molar-refractivity contribution is 0.0531. The third kappa shape index (κ3) is 4.91. The summed E-state index contributed by atoms with van der Waals surface area (Å²) in [6.45, 7) is 4.01. The van der Waals surface area contributed by atoms with E-state index in [0.29, 0.717) is 36.9 Å². The number of thiophene rings is 1. The lowest BCUT2D eigenvalue weighted by atomic mass is 10.2. The van der Waals surface area contributed by atoms with E-state index in [9.17, 15) is 10.1 Å². The first kappa shape index (κ1) is 24.1. The molecule has 0 bridgehead atoms. The van der Waals surface area contributed by atoms with Gasteiger partial charge in [-0.1, -0.05) is 23.4 Å². The molecular formula is C21H23ClN6O2S2. The minimum Gasteiger partial charge on any atom is -0.462 e. The van der Waals surface area contributed by atoms with E-state index in [1.165, 1.54) is 11.8 Å². The van der Waals surface area contributed by atoms with Gasteiger partial charge in [0.05, 0.1) is 18.2 Å². The van der Waals surface area contributed by atoms with Crippen LogP contribution in [0, 0.1) is 11.3 Å². The fourth-order valence-corrected chi connectivity index (χ4v) is 5.09. The van der Waals surface area contributed by atoms with Crippen LogP contribution in [0.5, 0.6) is 0 Å². The van der Waals surface area contributed by atoms with Crippen LogP contribution in [0.2, 0.25) is 5.02 Å². The molecule has 0 radical (unpaired) electrons. The number of benzene rings is 1. The van der Waals surface area contributed by atoms with E-state index in [1.807, 2.05) is 54.8 Å². The van der Waals surface area contributed by atoms with Crippen LogP contribution in [-0.2, 0) is 10.5 Å². The SMILES string of the molecule is CCOC(=O)c1sc(N)c(C#N)c1CSc1nnc(C(C)N(C)C)n1-c1ccc(Cl)cc1. The van der Waals surface area contributed by atoms with Crippen molar-refractivity contribution in [2.24, 2.45) is 0 Å². The van der Waals surface area contributed by atoms with Gasteiger partial charge in [-0.2, -0.15) is 5.26 Å². The number of esters is 1. The number of halogens is 1. The largest absolute Gasteiger partial charge is 0.462 e. The second kappa shape index (κ2) is 10.4. The van der Waals surface area contributed by atoms with Crippen molar-refractivity contribution >= 4 is 45.7 Å². The van der Waals surface area contributed by atoms with Gasteiger partial charge < -0.3 is 10.5 Å². The van der Waals surface area contributed by atoms with Crippen LogP contribution in [-0.4, -0.2) is 46.3 Å². The molecule has 2 aromatic heterocycles. The molecule has 0 amide bonds. The zero-order chi connectivity index (χ0) is 23.4. The summed E-state index contributed by atoms with van der Waals surface area (Å²) in [4.78, 5) is 14.8. The van der Waals surface area contributed by atoms with E-state index in [4.69, 9.17) is 22.1 Å². The Hall–Kier alpha value is -2.58. The molecule has 11 heteroatoms. The van der Waals surface area contributed by atoms with Gasteiger partial charge in [-0.15, -0.1) is 21.5 Å². The number of hydrogen-bond acceptors (Lipinski definition) is 9. The van der Waals surface area contributed by atoms with Crippen molar-refractivity contribution in [1.29, 1.82) is 5.26 Å². The molecular weight excluding hydrogens is 468 g/mol. The number of nitrogens with two attached hydrogens (primary N) is 1. The Balaban J connectivity index is 2.01. The maximum Gasteiger partial charge on any atom is 0.348 e. The third-order valence-electron chi connectivity index (χ3n) is 4.84. The molecule has 32 heavy (non-hydrogen) atoms. The number of rotatable bonds is 8. The molecule has 0 aliphatic carbocycles. The number of nitrogen functional groups attached to an aromatic ring is 1. The third-order valence-corrected chi connectivity index (χ3v) is 7.09. The number of thioether (sulfide) groups is 1. The maximum atomic E-state index is 12.4. The summed E-state index contributed by atoms with van der Waals surface area (Å²) < 4.78 is 7.10. The molecule has 0 aliphatic heterocycles. The molecule has 0 saturated carbocycles. The molecule has 0 spiro atoms. The second-order valence-corrected chi connectivity index (χ2v) is 9.49. The van der Waals surface area contributed by atoms with E-state index in [-0.39, 0.29) is 12.6 Å². The maximum absolute atomic E-state index is 12.4. The zero-order valence-corrected chi connectivity index (χ0v) is 20.5. The standard InChI is InChI=1S/C21H23ClN6O2S2/c1-5-30-20(29)17-16(15(10-23)18(24)32-17)11-31-21-26-25-19(12(2)27(3)4)28(21)14-8-6-13(22)7-9-14/h6-9,12H,5,11,24H2,1-4H3. The Morgan fingerprint density at radius 1 is 1.38 bits per heavy atom. The summed E-state index contributed by atoms with van der Waals surface area (Å²) in [6, 6.07) is 9.51. The molecule has 0 saturated heterocycles. The van der Waals surface area contributed by atoms with Crippen molar-refractivity contribution < 1.29 is 9.53 Å². The van der Waals surface area contributed by atoms with Crippen molar-refractivity contribution in [2.45, 2.75) is 30.8 Å². The number of ether oxygens (including phenoxy) is 1. The number of anilines is 1. The summed E-state index contributed by atoms with van der Waals surface area (Å²) in [5, 5.41) is 20.0. The molecule has 1 atom stereocenters. The van der Waals surface area contributed by atoms with E-state index < -0.39 is 5.97 Å². The van der Waals surface area contributed by atoms with Gasteiger partial charge in [0.25, 0.3) is 0 Å². The molecule has 3 rings (SSSR count). The lowest BCUT2D eigenvalue weighted by Gasteiger charge is -2.20. The topological polar surface area (TPSA) is 110 Å². The minimum absolute atomic E-state index is 0.00548. The first-order chi connectivity index (χ1) is 15.3. The predicted octanol–water partition coefficient (Wildman–Crippen LogP) is 4.53. The molecule has 3 aromatic rings. The van der Waals surface area contributed by atoms with Gasteiger partial charge in [-0.25, -0.2) is 4.79 Å². The fraction of sp³-hybridized carbons (Fsp3) is 0.333. The van der Waals surface area contributed by atoms with Gasteiger partial charge in [0.1, 0.15) is 15.9 Å². The normalized spacial score (nSPS) is 12.0. The Morgan fingerprint density at radius 2 is 2.06 bits per heavy atom. The summed E-state index contributed by atoms with van der Waals surface area (Å²) in [7, 11) is 3.94. The van der Waals surface area contributed by atoms with E-state index in [0.717, 1.165) is 22.8 Å². The van der Waals surface area contributed by atoms with E-state index in [2.05, 4.69) is 16.3 Å². The van der Waals surface area contributed by atoms with Crippen LogP contribution < -0.4 is 5.73 Å². The average molecular weight is 491 g/mol. The van der Waals surface area contributed by atoms with E-state index in [1.54, 1.807) is 6.92 Å². The molecule has 1 unspecified atom stereocenters. The number of aromatic nitrogens is 3. The molecule has 8 nitrogen and oxygen atoms in total. The molecule has 0 fully saturated rings. The highest BCUT2D eigenvalue weighted by Gasteiger charge is 2.25. The Morgan fingerprint density at radius 3 is 2.66 bits per heavy atom. The Bertz CT molecular complexity index is 1150. The summed E-state index contributed by atoms with van der Waals surface area (Å²) in [5.41, 5.74) is 7.70. The van der Waals surface area contributed by atoms with Gasteiger partial charge in [-0.3, -0.25) is 9.47 Å². The second-order valence-electron chi connectivity index (χ2n) is 7.06. The number of carbonyl (C=O) groups is 1. The van der Waals surface area contributed by atoms with Crippen molar-refractivity contribution in [3.8, 4) is 11.8 Å². The monoisotopic (exact) mass is 490 g/mol. The summed E-state index contributed by atoms with van der Waals surface area (Å²) in [6.07, 6.45) is 0. The van der Waals surface area contributed by atoms with Crippen LogP contribution in [0.3, 0.4) is 0 Å². The zero-order valence-electron chi connectivity index (χ0n) is 18.1. The number of carbonyl (C=O) groups excluding carboxylic acids is 1. The van der Waals surface area contributed by atoms with Crippen molar-refractivity contribution in [1.82, 2.24) is 19.7 Å². The van der Waals surface area contributed by atoms with Gasteiger partial charge >= 0.3 is 5.97 Å². The Kier molecular flexibility index (Phi) is 7.79. The highest BCUT2D eigenvalue weighted by molar-refractivity contribution is 7.98. The van der Waals surface area contributed by atoms with Gasteiger partial charge in [0.2, 0.25) is 0 Å². The van der Waals surface area contributed by atoms with Gasteiger partial charge in [0, 0.05) is 22.0 Å². The first-order valence-corrected chi connectivity index (χ1v) is 11.9. The van der Waals surface area contributed by atoms with Crippen molar-refractivity contribution in [2.75, 3.05) is 26.4 Å². The molecule has 2 N–H and O–H groups in total. The number of hydrogen-bond donors (Lipinski definition) is 1. The van der Waals surface area contributed by atoms with Crippen LogP contribution in [0.1, 0.15) is 46.5 Å². The quantitative estimate of drug-likeness (QED) is 0.362. The average Bonchev–Trinajstić information content (AvgIpc) is 3.32. The molecule has 0 aliphatic rings. The number of nitriles is 1. The number of nitrogens with zero attached hydrogens (tertiary/aromatic N) is 5. The minimum atomic E-state index is -0.484. The first-order valence-electron chi connectivity index (χ1n) is 9.77. The van der Waals surface area contributed by atoms with Crippen molar-refractivity contribution in [3.63, 3.8) is 0 Å². The van der Waals surface area contributed by atoms with Crippen LogP contribution >= 0.6 is 34.7 Å². The smallest absolute Gasteiger partial charge is 0.348 e. The van der Waals surface area contributed by atoms with Crippen LogP contribution in [0.15, 0.2) is 29.4 Å². The van der Waals surface area contributed by atoms with Crippen LogP contribution in [0.25, 0.3) is 5.69 Å². The van der Waals surface area contributed by atoms with E-state index >= 15 is 0 Å². The predicted molar refractivity (Wildman–Crippen MR) is 127 cm³/mol. The van der Waals surface area contributed by atoms with Gasteiger partial charge in [-0.05, 0) is 52.2 Å². The molecule has 168 valence electrons. The Labute approximate surface area is 199 Å². The molecule has 1 aromatic carbocycles. The highest BCUT2D eigenvalue weighted by Crippen LogP contribution is 2.36. The van der Waals surface area contributed by atoms with Gasteiger partial charge in [0.15, 0.2) is 11.0 Å². The highest BCUT2D eigenvalue weighted by atomic mass is 35.5. The van der Waals surface area contributed by atoms with Crippen molar-refractivity contribution in [3.05, 3.63) is 51.1 Å². The summed E-state index contributed by atoms with van der Waals surface area (Å²) in [5.74, 6) is 0.588. The fourth-order valence-electron chi connectivity index (χ4n) is 2.95.